The van der Waals surface area contributed by atoms with E-state index < -0.39 is 119 Å². The lowest BCUT2D eigenvalue weighted by Crippen LogP contribution is -2.42. The smallest absolute Gasteiger partial charge is 0.386 e. The number of nitrogens with zero attached hydrogens (tertiary/aromatic N) is 7. The molecule has 7 heterocycles. The summed E-state index contributed by atoms with van der Waals surface area (Å²) in [6.45, 7) is 4.36. The van der Waals surface area contributed by atoms with E-state index in [1.165, 1.54) is 4.57 Å². The summed E-state index contributed by atoms with van der Waals surface area (Å²) in [5.74, 6) is -2.32. The first-order valence-electron chi connectivity index (χ1n) is 18.3. The second kappa shape index (κ2) is 16.9. The molecule has 8 N–H and O–H groups in total. The fourth-order valence-electron chi connectivity index (χ4n) is 6.33. The lowest BCUT2D eigenvalue weighted by molar-refractivity contribution is -0.119. The molecule has 2 amide bonds. The number of hydrogen-bond donors (Lipinski definition) is 7. The number of anilines is 2. The van der Waals surface area contributed by atoms with Gasteiger partial charge < -0.3 is 25.2 Å². The molecule has 3 fully saturated rings. The highest BCUT2D eigenvalue weighted by molar-refractivity contribution is 7.48. The van der Waals surface area contributed by atoms with Crippen molar-refractivity contribution in [3.8, 4) is 6.07 Å². The molecular formula is C31H40N12O15P2. The molecule has 4 aromatic rings. The van der Waals surface area contributed by atoms with Gasteiger partial charge in [0.25, 0.3) is 11.1 Å². The number of ether oxygens (including phenoxy) is 2. The highest BCUT2D eigenvalue weighted by atomic mass is 31.2. The number of amides is 2. The fourth-order valence-corrected chi connectivity index (χ4v) is 8.71. The normalized spacial score (nSPS) is 31.1. The number of fused-ring (bicyclic) bond motifs is 4. The van der Waals surface area contributed by atoms with Gasteiger partial charge in [0, 0.05) is 11.8 Å². The van der Waals surface area contributed by atoms with Crippen LogP contribution in [0.5, 0.6) is 0 Å². The summed E-state index contributed by atoms with van der Waals surface area (Å²) in [5, 5.41) is 25.8. The Kier molecular flexibility index (Phi) is 12.2. The number of aliphatic hydroxyl groups is 1. The maximum Gasteiger partial charge on any atom is 0.475 e. The van der Waals surface area contributed by atoms with Crippen molar-refractivity contribution in [2.45, 2.75) is 83.1 Å². The highest BCUT2D eigenvalue weighted by Gasteiger charge is 2.54. The molecule has 0 bridgehead atoms. The van der Waals surface area contributed by atoms with E-state index in [1.54, 1.807) is 27.7 Å². The van der Waals surface area contributed by atoms with Gasteiger partial charge in [-0.2, -0.15) is 15.2 Å². The molecule has 324 valence electrons. The van der Waals surface area contributed by atoms with Gasteiger partial charge in [0.15, 0.2) is 34.8 Å². The third kappa shape index (κ3) is 8.68. The Labute approximate surface area is 337 Å². The monoisotopic (exact) mass is 882 g/mol. The predicted molar refractivity (Wildman–Crippen MR) is 200 cm³/mol. The van der Waals surface area contributed by atoms with Crippen LogP contribution in [0.1, 0.15) is 46.6 Å². The first-order chi connectivity index (χ1) is 28.4. The summed E-state index contributed by atoms with van der Waals surface area (Å²) in [7, 11) is -10.0. The molecule has 0 aliphatic carbocycles. The van der Waals surface area contributed by atoms with Crippen LogP contribution in [0.15, 0.2) is 22.2 Å². The van der Waals surface area contributed by atoms with Crippen molar-refractivity contribution in [2.24, 2.45) is 17.6 Å². The quantitative estimate of drug-likeness (QED) is 0.0851. The van der Waals surface area contributed by atoms with Crippen LogP contribution in [0, 0.1) is 23.2 Å². The molecule has 27 nitrogen and oxygen atoms in total. The number of phosphoric acid groups is 2. The van der Waals surface area contributed by atoms with Crippen molar-refractivity contribution in [1.82, 2.24) is 39.0 Å². The van der Waals surface area contributed by atoms with E-state index in [-0.39, 0.29) is 40.6 Å². The zero-order valence-electron chi connectivity index (χ0n) is 32.1. The Bertz CT molecular complexity index is 2550. The SMILES string of the molecule is CC(C)C(=O)Nc1nc2c(ncn2[C@@H]2O[C@@H]3COP(=O)(OCCC#N)O[C@H]4[C@@H](O)[C@H](n5cnc6c(=O)[nH]c(NC(=O)C(C)C)nc65)O[C@@H]4COP(=O)(O)O[C@H]3[C@H]2N)c(=O)[nH]1. The van der Waals surface area contributed by atoms with Gasteiger partial charge in [-0.25, -0.2) is 19.1 Å². The Hall–Kier alpha value is -4.81. The molecule has 3 aliphatic heterocycles. The van der Waals surface area contributed by atoms with Gasteiger partial charge in [-0.15, -0.1) is 0 Å². The number of nitriles is 1. The van der Waals surface area contributed by atoms with Crippen LogP contribution >= 0.6 is 15.6 Å². The number of aromatic nitrogens is 8. The van der Waals surface area contributed by atoms with Crippen molar-refractivity contribution in [2.75, 3.05) is 30.5 Å². The van der Waals surface area contributed by atoms with Gasteiger partial charge in [-0.05, 0) is 0 Å². The van der Waals surface area contributed by atoms with Crippen molar-refractivity contribution < 1.29 is 60.8 Å². The van der Waals surface area contributed by atoms with Gasteiger partial charge in [0.05, 0.1) is 51.0 Å². The van der Waals surface area contributed by atoms with Crippen LogP contribution < -0.4 is 27.5 Å². The number of hydrogen-bond acceptors (Lipinski definition) is 20. The lowest BCUT2D eigenvalue weighted by atomic mass is 10.1. The Morgan fingerprint density at radius 1 is 0.917 bits per heavy atom. The Morgan fingerprint density at radius 2 is 1.43 bits per heavy atom. The Balaban J connectivity index is 1.19. The van der Waals surface area contributed by atoms with Crippen LogP contribution in [-0.2, 0) is 50.8 Å². The van der Waals surface area contributed by atoms with Crippen LogP contribution in [0.2, 0.25) is 0 Å². The summed E-state index contributed by atoms with van der Waals surface area (Å²) in [6.07, 6.45) is -9.08. The number of imidazole rings is 2. The number of nitrogens with two attached hydrogens (primary N) is 1. The van der Waals surface area contributed by atoms with Crippen LogP contribution in [-0.4, -0.2) is 117 Å². The number of rotatable bonds is 9. The number of nitrogens with one attached hydrogen (secondary N) is 4. The van der Waals surface area contributed by atoms with E-state index in [0.717, 1.165) is 17.2 Å². The molecule has 0 aromatic carbocycles. The number of H-pyrrole nitrogens is 2. The van der Waals surface area contributed by atoms with E-state index in [4.69, 9.17) is 43.1 Å². The van der Waals surface area contributed by atoms with Crippen molar-refractivity contribution in [3.05, 3.63) is 33.4 Å². The molecule has 0 spiro atoms. The first kappa shape index (κ1) is 43.3. The predicted octanol–water partition coefficient (Wildman–Crippen LogP) is -0.119. The third-order valence-electron chi connectivity index (χ3n) is 9.41. The summed E-state index contributed by atoms with van der Waals surface area (Å²) in [5.41, 5.74) is 4.40. The minimum atomic E-state index is -5.14. The maximum atomic E-state index is 14.3. The van der Waals surface area contributed by atoms with E-state index in [2.05, 4.69) is 40.5 Å². The van der Waals surface area contributed by atoms with Crippen molar-refractivity contribution >= 4 is 61.7 Å². The summed E-state index contributed by atoms with van der Waals surface area (Å²) >= 11 is 0. The minimum Gasteiger partial charge on any atom is -0.386 e. The molecule has 10 atom stereocenters. The molecule has 0 radical (unpaired) electrons. The molecule has 4 aromatic heterocycles. The molecule has 3 aliphatic rings. The molecule has 29 heteroatoms. The molecule has 2 unspecified atom stereocenters. The number of aromatic amines is 2. The Morgan fingerprint density at radius 3 is 1.98 bits per heavy atom. The fraction of sp³-hybridized carbons (Fsp3) is 0.581. The molecule has 0 saturated carbocycles. The zero-order valence-corrected chi connectivity index (χ0v) is 33.8. The van der Waals surface area contributed by atoms with Crippen LogP contribution in [0.3, 0.4) is 0 Å². The first-order valence-corrected chi connectivity index (χ1v) is 21.2. The average molecular weight is 883 g/mol. The second-order valence-corrected chi connectivity index (χ2v) is 17.4. The molecular weight excluding hydrogens is 842 g/mol. The van der Waals surface area contributed by atoms with E-state index in [0.29, 0.717) is 0 Å². The summed E-state index contributed by atoms with van der Waals surface area (Å²) in [6, 6.07) is 0.449. The van der Waals surface area contributed by atoms with Crippen LogP contribution in [0.25, 0.3) is 22.3 Å². The maximum absolute atomic E-state index is 14.3. The molecule has 60 heavy (non-hydrogen) atoms. The lowest BCUT2D eigenvalue weighted by Gasteiger charge is -2.29. The van der Waals surface area contributed by atoms with E-state index in [1.807, 2.05) is 6.07 Å². The zero-order chi connectivity index (χ0) is 43.3. The number of phosphoric ester groups is 2. The molecule has 7 rings (SSSR count). The number of aliphatic hydroxyl groups excluding tert-OH is 1. The molecule has 3 saturated heterocycles. The second-order valence-electron chi connectivity index (χ2n) is 14.4. The summed E-state index contributed by atoms with van der Waals surface area (Å²) < 4.78 is 70.1. The number of carbonyl (C=O) groups excluding carboxylic acids is 2. The van der Waals surface area contributed by atoms with Crippen molar-refractivity contribution in [1.29, 1.82) is 5.26 Å². The van der Waals surface area contributed by atoms with Crippen LogP contribution in [0.4, 0.5) is 11.9 Å². The third-order valence-corrected chi connectivity index (χ3v) is 11.9. The average Bonchev–Trinajstić information content (AvgIpc) is 3.94. The largest absolute Gasteiger partial charge is 0.475 e. The summed E-state index contributed by atoms with van der Waals surface area (Å²) in [4.78, 5) is 82.9. The standard InChI is InChI=1S/C31H40N12O15P2/c1-12(2)24(45)38-30-36-22-17(26(47)40-30)34-10-42(22)28-16(33)20-14(55-28)9-54-60(51,52-7-5-6-32)58-21-15(8-53-59(49,50)57-20)56-29(19(21)44)43-11-35-18-23(43)37-31(41-27(18)48)39-25(46)13(3)4/h10-16,19-21,28-29,44H,5,7-9,33H2,1-4H3,(H,49,50)(H2,36,38,40,45,47)(H2,37,39,41,46,48)/t14-,15-,16-,19-,20-,21-,28-,29-,60?/m1/s1. The van der Waals surface area contributed by atoms with Gasteiger partial charge >= 0.3 is 15.6 Å². The van der Waals surface area contributed by atoms with Gasteiger partial charge in [-0.1, -0.05) is 27.7 Å². The number of carbonyl (C=O) groups is 2. The van der Waals surface area contributed by atoms with Gasteiger partial charge in [-0.3, -0.25) is 71.5 Å². The van der Waals surface area contributed by atoms with E-state index in [9.17, 15) is 38.3 Å². The van der Waals surface area contributed by atoms with Crippen molar-refractivity contribution in [3.63, 3.8) is 0 Å². The minimum absolute atomic E-state index is 0.107. The highest BCUT2D eigenvalue weighted by Crippen LogP contribution is 2.56. The van der Waals surface area contributed by atoms with Gasteiger partial charge in [0.2, 0.25) is 23.7 Å². The topological polar surface area (TPSA) is 374 Å². The van der Waals surface area contributed by atoms with Gasteiger partial charge in [0.1, 0.15) is 30.5 Å². The van der Waals surface area contributed by atoms with E-state index >= 15 is 0 Å².